The maximum atomic E-state index is 6.08. The van der Waals surface area contributed by atoms with E-state index in [2.05, 4.69) is 5.10 Å². The molecule has 0 unspecified atom stereocenters. The van der Waals surface area contributed by atoms with Crippen molar-refractivity contribution in [2.24, 2.45) is 0 Å². The second-order valence-electron chi connectivity index (χ2n) is 4.66. The summed E-state index contributed by atoms with van der Waals surface area (Å²) in [6, 6.07) is 17.5. The molecule has 2 aromatic carbocycles. The third-order valence-corrected chi connectivity index (χ3v) is 3.47. The number of hydrogen-bond donors (Lipinski definition) is 1. The summed E-state index contributed by atoms with van der Waals surface area (Å²) >= 11 is 5.90. The number of nitrogen functional groups attached to an aromatic ring is 1. The fourth-order valence-corrected chi connectivity index (χ4v) is 2.28. The van der Waals surface area contributed by atoms with E-state index in [0.717, 1.165) is 22.5 Å². The predicted molar refractivity (Wildman–Crippen MR) is 83.2 cm³/mol. The first-order chi connectivity index (χ1) is 9.65. The van der Waals surface area contributed by atoms with Crippen molar-refractivity contribution in [1.29, 1.82) is 0 Å². The lowest BCUT2D eigenvalue weighted by Gasteiger charge is -2.06. The molecule has 2 N–H and O–H groups in total. The van der Waals surface area contributed by atoms with Crippen LogP contribution in [0.1, 0.15) is 5.56 Å². The van der Waals surface area contributed by atoms with Crippen molar-refractivity contribution in [3.8, 4) is 16.9 Å². The molecule has 0 fully saturated rings. The maximum Gasteiger partial charge on any atom is 0.127 e. The fraction of sp³-hybridized carbons (Fsp3) is 0.0625. The number of benzene rings is 2. The Morgan fingerprint density at radius 1 is 1.05 bits per heavy atom. The molecule has 0 spiro atoms. The molecule has 20 heavy (non-hydrogen) atoms. The van der Waals surface area contributed by atoms with Gasteiger partial charge in [-0.1, -0.05) is 41.9 Å². The van der Waals surface area contributed by atoms with Gasteiger partial charge < -0.3 is 5.73 Å². The fourth-order valence-electron chi connectivity index (χ4n) is 2.15. The first-order valence-corrected chi connectivity index (χ1v) is 6.70. The van der Waals surface area contributed by atoms with Crippen LogP contribution in [0.4, 0.5) is 5.82 Å². The van der Waals surface area contributed by atoms with Crippen molar-refractivity contribution in [1.82, 2.24) is 9.78 Å². The zero-order valence-corrected chi connectivity index (χ0v) is 11.8. The molecule has 0 saturated heterocycles. The maximum absolute atomic E-state index is 6.08. The van der Waals surface area contributed by atoms with Crippen molar-refractivity contribution >= 4 is 17.4 Å². The number of para-hydroxylation sites is 1. The largest absolute Gasteiger partial charge is 0.384 e. The molecule has 3 nitrogen and oxygen atoms in total. The zero-order valence-electron chi connectivity index (χ0n) is 11.0. The second kappa shape index (κ2) is 5.02. The molecule has 3 rings (SSSR count). The van der Waals surface area contributed by atoms with Crippen LogP contribution in [0.15, 0.2) is 54.6 Å². The van der Waals surface area contributed by atoms with Crippen molar-refractivity contribution in [2.75, 3.05) is 5.73 Å². The number of nitrogens with zero attached hydrogens (tertiary/aromatic N) is 2. The molecule has 0 aliphatic rings. The molecule has 0 radical (unpaired) electrons. The molecule has 0 bridgehead atoms. The minimum Gasteiger partial charge on any atom is -0.384 e. The predicted octanol–water partition coefficient (Wildman–Crippen LogP) is 4.08. The molecule has 100 valence electrons. The molecule has 1 heterocycles. The average molecular weight is 284 g/mol. The number of nitrogens with two attached hydrogens (primary N) is 1. The Morgan fingerprint density at radius 3 is 2.45 bits per heavy atom. The van der Waals surface area contributed by atoms with Gasteiger partial charge in [-0.3, -0.25) is 0 Å². The van der Waals surface area contributed by atoms with Gasteiger partial charge in [0, 0.05) is 16.7 Å². The van der Waals surface area contributed by atoms with Crippen LogP contribution < -0.4 is 5.73 Å². The lowest BCUT2D eigenvalue weighted by Crippen LogP contribution is -2.03. The molecule has 1 aromatic heterocycles. The first-order valence-electron chi connectivity index (χ1n) is 6.32. The summed E-state index contributed by atoms with van der Waals surface area (Å²) in [7, 11) is 0. The number of hydrogen-bond acceptors (Lipinski definition) is 2. The van der Waals surface area contributed by atoms with E-state index in [1.165, 1.54) is 0 Å². The third-order valence-electron chi connectivity index (χ3n) is 3.22. The average Bonchev–Trinajstić information content (AvgIpc) is 2.82. The number of aryl methyl sites for hydroxylation is 1. The summed E-state index contributed by atoms with van der Waals surface area (Å²) in [6.45, 7) is 2.04. The van der Waals surface area contributed by atoms with Crippen LogP contribution in [0.5, 0.6) is 0 Å². The molecule has 4 heteroatoms. The topological polar surface area (TPSA) is 43.8 Å². The van der Waals surface area contributed by atoms with Crippen LogP contribution in [0.3, 0.4) is 0 Å². The van der Waals surface area contributed by atoms with Gasteiger partial charge in [0.1, 0.15) is 5.82 Å². The summed E-state index contributed by atoms with van der Waals surface area (Å²) in [5.74, 6) is 0.615. The van der Waals surface area contributed by atoms with Crippen LogP contribution in [-0.2, 0) is 0 Å². The van der Waals surface area contributed by atoms with Gasteiger partial charge >= 0.3 is 0 Å². The number of rotatable bonds is 2. The Hall–Kier alpha value is -2.26. The quantitative estimate of drug-likeness (QED) is 0.770. The van der Waals surface area contributed by atoms with Crippen molar-refractivity contribution in [2.45, 2.75) is 6.92 Å². The number of anilines is 1. The van der Waals surface area contributed by atoms with Crippen LogP contribution in [0, 0.1) is 6.92 Å². The highest BCUT2D eigenvalue weighted by Gasteiger charge is 2.10. The zero-order chi connectivity index (χ0) is 14.1. The van der Waals surface area contributed by atoms with Gasteiger partial charge in [0.2, 0.25) is 0 Å². The Bertz CT molecular complexity index is 745. The van der Waals surface area contributed by atoms with E-state index in [1.807, 2.05) is 61.5 Å². The Kier molecular flexibility index (Phi) is 3.20. The van der Waals surface area contributed by atoms with Crippen LogP contribution in [0.25, 0.3) is 16.9 Å². The highest BCUT2D eigenvalue weighted by molar-refractivity contribution is 6.30. The summed E-state index contributed by atoms with van der Waals surface area (Å²) in [4.78, 5) is 0. The van der Waals surface area contributed by atoms with Crippen molar-refractivity contribution in [3.63, 3.8) is 0 Å². The monoisotopic (exact) mass is 283 g/mol. The van der Waals surface area contributed by atoms with E-state index in [1.54, 1.807) is 4.68 Å². The minimum absolute atomic E-state index is 0.615. The minimum atomic E-state index is 0.615. The van der Waals surface area contributed by atoms with Gasteiger partial charge in [-0.15, -0.1) is 0 Å². The van der Waals surface area contributed by atoms with Crippen LogP contribution in [0.2, 0.25) is 5.02 Å². The van der Waals surface area contributed by atoms with Gasteiger partial charge in [0.05, 0.1) is 11.4 Å². The smallest absolute Gasteiger partial charge is 0.127 e. The summed E-state index contributed by atoms with van der Waals surface area (Å²) in [5.41, 5.74) is 10.0. The normalized spacial score (nSPS) is 10.7. The van der Waals surface area contributed by atoms with E-state index >= 15 is 0 Å². The van der Waals surface area contributed by atoms with Gasteiger partial charge in [0.25, 0.3) is 0 Å². The third kappa shape index (κ3) is 2.28. The van der Waals surface area contributed by atoms with Crippen molar-refractivity contribution in [3.05, 3.63) is 65.2 Å². The van der Waals surface area contributed by atoms with Gasteiger partial charge in [-0.2, -0.15) is 5.10 Å². The lowest BCUT2D eigenvalue weighted by atomic mass is 10.1. The molecular formula is C16H14ClN3. The standard InChI is InChI=1S/C16H14ClN3/c1-11-4-2-3-5-15(11)20-16(18)10-14(19-20)12-6-8-13(17)9-7-12/h2-10H,18H2,1H3. The molecular weight excluding hydrogens is 270 g/mol. The summed E-state index contributed by atoms with van der Waals surface area (Å²) < 4.78 is 1.76. The van der Waals surface area contributed by atoms with E-state index in [4.69, 9.17) is 17.3 Å². The second-order valence-corrected chi connectivity index (χ2v) is 5.10. The summed E-state index contributed by atoms with van der Waals surface area (Å²) in [6.07, 6.45) is 0. The molecule has 0 saturated carbocycles. The van der Waals surface area contributed by atoms with E-state index in [9.17, 15) is 0 Å². The molecule has 0 amide bonds. The molecule has 0 aliphatic heterocycles. The SMILES string of the molecule is Cc1ccccc1-n1nc(-c2ccc(Cl)cc2)cc1N. The van der Waals surface area contributed by atoms with Crippen LogP contribution in [-0.4, -0.2) is 9.78 Å². The molecule has 3 aromatic rings. The van der Waals surface area contributed by atoms with Gasteiger partial charge in [-0.05, 0) is 30.7 Å². The number of aromatic nitrogens is 2. The lowest BCUT2D eigenvalue weighted by molar-refractivity contribution is 0.887. The van der Waals surface area contributed by atoms with Gasteiger partial charge in [-0.25, -0.2) is 4.68 Å². The van der Waals surface area contributed by atoms with Gasteiger partial charge in [0.15, 0.2) is 0 Å². The summed E-state index contributed by atoms with van der Waals surface area (Å²) in [5, 5.41) is 5.30. The Labute approximate surface area is 122 Å². The molecule has 0 aliphatic carbocycles. The van der Waals surface area contributed by atoms with E-state index in [0.29, 0.717) is 10.8 Å². The van der Waals surface area contributed by atoms with E-state index in [-0.39, 0.29) is 0 Å². The van der Waals surface area contributed by atoms with Crippen LogP contribution >= 0.6 is 11.6 Å². The highest BCUT2D eigenvalue weighted by Crippen LogP contribution is 2.25. The van der Waals surface area contributed by atoms with E-state index < -0.39 is 0 Å². The Balaban J connectivity index is 2.08. The van der Waals surface area contributed by atoms with Crippen molar-refractivity contribution < 1.29 is 0 Å². The number of halogens is 1. The molecule has 0 atom stereocenters. The Morgan fingerprint density at radius 2 is 1.75 bits per heavy atom. The first kappa shape index (κ1) is 12.8. The highest BCUT2D eigenvalue weighted by atomic mass is 35.5.